The number of nitrogens with zero attached hydrogens (tertiary/aromatic N) is 1. The third-order valence-corrected chi connectivity index (χ3v) is 9.65. The largest absolute Gasteiger partial charge is 0.491 e. The monoisotopic (exact) mass is 603 g/mol. The molecule has 0 unspecified atom stereocenters. The minimum Gasteiger partial charge on any atom is -0.491 e. The Morgan fingerprint density at radius 2 is 1.76 bits per heavy atom. The first-order valence-corrected chi connectivity index (χ1v) is 16.0. The van der Waals surface area contributed by atoms with Gasteiger partial charge in [0, 0.05) is 33.8 Å². The molecule has 2 aliphatic carbocycles. The van der Waals surface area contributed by atoms with Crippen molar-refractivity contribution >= 4 is 40.4 Å². The second-order valence-corrected chi connectivity index (χ2v) is 12.5. The summed E-state index contributed by atoms with van der Waals surface area (Å²) in [5, 5.41) is 16.2. The van der Waals surface area contributed by atoms with Gasteiger partial charge in [0.2, 0.25) is 5.91 Å². The van der Waals surface area contributed by atoms with Gasteiger partial charge in [-0.1, -0.05) is 49.6 Å². The van der Waals surface area contributed by atoms with Crippen molar-refractivity contribution < 1.29 is 24.2 Å². The summed E-state index contributed by atoms with van der Waals surface area (Å²) in [5.74, 6) is -0.227. The van der Waals surface area contributed by atoms with E-state index in [4.69, 9.17) is 9.84 Å². The Morgan fingerprint density at radius 3 is 2.53 bits per heavy atom. The molecule has 45 heavy (non-hydrogen) atoms. The maximum absolute atomic E-state index is 13.8. The second-order valence-electron chi connectivity index (χ2n) is 12.5. The lowest BCUT2D eigenvalue weighted by Gasteiger charge is -2.40. The van der Waals surface area contributed by atoms with Gasteiger partial charge in [-0.05, 0) is 91.6 Å². The molecule has 2 fully saturated rings. The predicted octanol–water partition coefficient (Wildman–Crippen LogP) is 7.14. The summed E-state index contributed by atoms with van der Waals surface area (Å²) in [6.45, 7) is 1.23. The highest BCUT2D eigenvalue weighted by Gasteiger charge is 2.45. The average Bonchev–Trinajstić information content (AvgIpc) is 3.23. The smallest absolute Gasteiger partial charge is 0.328 e. The molecule has 2 saturated carbocycles. The Hall–Kier alpha value is -4.85. The zero-order valence-electron chi connectivity index (χ0n) is 25.2. The number of carboxylic acid groups (broad SMARTS) is 1. The van der Waals surface area contributed by atoms with Gasteiger partial charge < -0.3 is 25.0 Å². The van der Waals surface area contributed by atoms with Gasteiger partial charge in [0.15, 0.2) is 0 Å². The zero-order valence-corrected chi connectivity index (χ0v) is 25.2. The molecule has 3 aromatic carbocycles. The molecule has 3 N–H and O–H groups in total. The molecule has 2 amide bonds. The van der Waals surface area contributed by atoms with Crippen LogP contribution in [-0.4, -0.2) is 39.6 Å². The minimum atomic E-state index is -1.04. The van der Waals surface area contributed by atoms with Crippen molar-refractivity contribution in [3.63, 3.8) is 0 Å². The van der Waals surface area contributed by atoms with E-state index in [1.54, 1.807) is 24.3 Å². The number of aliphatic carboxylic acids is 1. The molecular formula is C37H37N3O5. The third-order valence-electron chi connectivity index (χ3n) is 9.65. The van der Waals surface area contributed by atoms with Crippen LogP contribution in [-0.2, 0) is 16.1 Å². The standard InChI is InChI=1S/C37H37N3O5/c41-32(42)17-14-24-8-6-11-27(22-24)38-36(44)37(18-7-19-37)39-35(43)26-15-16-28-30(23-26)40-20-21-45-31-13-5-4-12-29(31)34(40)33(28)25-9-2-1-3-10-25/h4-6,8,11-17,22-23,25H,1-3,7,9-10,18-21H2,(H,38,44)(H,39,43)(H,41,42). The van der Waals surface area contributed by atoms with E-state index >= 15 is 0 Å². The second kappa shape index (κ2) is 11.9. The van der Waals surface area contributed by atoms with Crippen LogP contribution in [0.5, 0.6) is 5.75 Å². The Kier molecular flexibility index (Phi) is 7.65. The minimum absolute atomic E-state index is 0.271. The summed E-state index contributed by atoms with van der Waals surface area (Å²) < 4.78 is 8.51. The molecule has 0 atom stereocenters. The number of fused-ring (bicyclic) bond motifs is 5. The van der Waals surface area contributed by atoms with E-state index in [1.165, 1.54) is 42.0 Å². The van der Waals surface area contributed by atoms with Crippen molar-refractivity contribution in [2.45, 2.75) is 69.4 Å². The number of hydrogen-bond donors (Lipinski definition) is 3. The molecule has 0 radical (unpaired) electrons. The maximum atomic E-state index is 13.8. The molecule has 7 rings (SSSR count). The van der Waals surface area contributed by atoms with Gasteiger partial charge in [0.1, 0.15) is 17.9 Å². The van der Waals surface area contributed by atoms with E-state index in [1.807, 2.05) is 24.3 Å². The summed E-state index contributed by atoms with van der Waals surface area (Å²) in [7, 11) is 0. The fourth-order valence-corrected chi connectivity index (χ4v) is 7.25. The highest BCUT2D eigenvalue weighted by molar-refractivity contribution is 6.06. The van der Waals surface area contributed by atoms with E-state index < -0.39 is 11.5 Å². The molecule has 0 spiro atoms. The Morgan fingerprint density at radius 1 is 0.933 bits per heavy atom. The highest BCUT2D eigenvalue weighted by atomic mass is 16.5. The van der Waals surface area contributed by atoms with E-state index in [2.05, 4.69) is 33.4 Å². The van der Waals surface area contributed by atoms with Crippen molar-refractivity contribution in [1.29, 1.82) is 0 Å². The SMILES string of the molecule is O=C(O)C=Cc1cccc(NC(=O)C2(NC(=O)c3ccc4c(C5CCCCC5)c5n(c4c3)CCOc3ccccc3-5)CCC2)c1. The van der Waals surface area contributed by atoms with Crippen molar-refractivity contribution in [2.75, 3.05) is 11.9 Å². The number of rotatable bonds is 7. The lowest BCUT2D eigenvalue weighted by molar-refractivity contribution is -0.131. The van der Waals surface area contributed by atoms with Crippen LogP contribution in [0.15, 0.2) is 72.8 Å². The number of nitrogens with one attached hydrogen (secondary N) is 2. The lowest BCUT2D eigenvalue weighted by atomic mass is 9.75. The van der Waals surface area contributed by atoms with Gasteiger partial charge in [-0.3, -0.25) is 9.59 Å². The van der Waals surface area contributed by atoms with E-state index in [-0.39, 0.29) is 11.8 Å². The molecule has 8 heteroatoms. The molecule has 4 aromatic rings. The van der Waals surface area contributed by atoms with Crippen LogP contribution >= 0.6 is 0 Å². The summed E-state index contributed by atoms with van der Waals surface area (Å²) >= 11 is 0. The number of carbonyl (C=O) groups is 3. The molecule has 1 aliphatic heterocycles. The van der Waals surface area contributed by atoms with Crippen LogP contribution in [0.1, 0.15) is 78.8 Å². The van der Waals surface area contributed by atoms with Gasteiger partial charge in [0.25, 0.3) is 5.91 Å². The number of para-hydroxylation sites is 1. The van der Waals surface area contributed by atoms with Crippen LogP contribution in [0.3, 0.4) is 0 Å². The predicted molar refractivity (Wildman–Crippen MR) is 174 cm³/mol. The van der Waals surface area contributed by atoms with E-state index in [0.29, 0.717) is 48.7 Å². The summed E-state index contributed by atoms with van der Waals surface area (Å²) in [6, 6.07) is 21.2. The number of ether oxygens (including phenoxy) is 1. The van der Waals surface area contributed by atoms with Crippen LogP contribution in [0.2, 0.25) is 0 Å². The van der Waals surface area contributed by atoms with E-state index in [0.717, 1.165) is 42.2 Å². The Labute approximate surface area is 262 Å². The van der Waals surface area contributed by atoms with Crippen molar-refractivity contribution in [3.05, 3.63) is 89.5 Å². The summed E-state index contributed by atoms with van der Waals surface area (Å²) in [5.41, 5.74) is 5.42. The summed E-state index contributed by atoms with van der Waals surface area (Å²) in [6.07, 6.45) is 10.5. The van der Waals surface area contributed by atoms with Crippen LogP contribution in [0, 0.1) is 0 Å². The van der Waals surface area contributed by atoms with E-state index in [9.17, 15) is 14.4 Å². The number of anilines is 1. The maximum Gasteiger partial charge on any atom is 0.328 e. The Balaban J connectivity index is 1.20. The van der Waals surface area contributed by atoms with Crippen LogP contribution in [0.4, 0.5) is 5.69 Å². The fraction of sp³-hybridized carbons (Fsp3) is 0.324. The normalized spacial score (nSPS) is 17.4. The topological polar surface area (TPSA) is 110 Å². The van der Waals surface area contributed by atoms with Crippen molar-refractivity contribution in [3.8, 4) is 17.0 Å². The molecule has 230 valence electrons. The highest BCUT2D eigenvalue weighted by Crippen LogP contribution is 2.47. The van der Waals surface area contributed by atoms with Gasteiger partial charge in [-0.2, -0.15) is 0 Å². The number of benzene rings is 3. The lowest BCUT2D eigenvalue weighted by Crippen LogP contribution is -2.61. The van der Waals surface area contributed by atoms with Crippen molar-refractivity contribution in [1.82, 2.24) is 9.88 Å². The Bertz CT molecular complexity index is 1830. The number of hydrogen-bond acceptors (Lipinski definition) is 4. The fourth-order valence-electron chi connectivity index (χ4n) is 7.25. The molecule has 3 aliphatic rings. The van der Waals surface area contributed by atoms with Crippen LogP contribution < -0.4 is 15.4 Å². The number of carboxylic acids is 1. The molecule has 2 heterocycles. The van der Waals surface area contributed by atoms with Gasteiger partial charge in [-0.25, -0.2) is 4.79 Å². The molecule has 0 bridgehead atoms. The quantitative estimate of drug-likeness (QED) is 0.195. The first-order chi connectivity index (χ1) is 21.9. The number of carbonyl (C=O) groups excluding carboxylic acids is 2. The zero-order chi connectivity index (χ0) is 31.0. The van der Waals surface area contributed by atoms with Crippen LogP contribution in [0.25, 0.3) is 28.2 Å². The molecule has 1 aromatic heterocycles. The number of amides is 2. The molecule has 8 nitrogen and oxygen atoms in total. The molecule has 0 saturated heterocycles. The first kappa shape index (κ1) is 28.9. The van der Waals surface area contributed by atoms with Gasteiger partial charge in [-0.15, -0.1) is 0 Å². The average molecular weight is 604 g/mol. The molecular weight excluding hydrogens is 566 g/mol. The van der Waals surface area contributed by atoms with Gasteiger partial charge >= 0.3 is 5.97 Å². The third kappa shape index (κ3) is 5.50. The summed E-state index contributed by atoms with van der Waals surface area (Å²) in [4.78, 5) is 38.3. The number of aromatic nitrogens is 1. The first-order valence-electron chi connectivity index (χ1n) is 16.0. The van der Waals surface area contributed by atoms with Crippen molar-refractivity contribution in [2.24, 2.45) is 0 Å². The van der Waals surface area contributed by atoms with Gasteiger partial charge in [0.05, 0.1) is 12.2 Å².